The first-order valence-corrected chi connectivity index (χ1v) is 11.1. The van der Waals surface area contributed by atoms with E-state index in [1.54, 1.807) is 12.1 Å². The van der Waals surface area contributed by atoms with Crippen LogP contribution < -0.4 is 5.73 Å². The van der Waals surface area contributed by atoms with Crippen molar-refractivity contribution < 1.29 is 9.90 Å². The number of hydrogen-bond donors (Lipinski definition) is 2. The van der Waals surface area contributed by atoms with E-state index in [-0.39, 0.29) is 12.6 Å². The SMILES string of the molecule is Cc1cnc(CN(Cc2ccc(C(N)=O)cc2CO)C2CCCc3cccnc32)c(C)c1. The highest BCUT2D eigenvalue weighted by molar-refractivity contribution is 5.93. The van der Waals surface area contributed by atoms with Crippen molar-refractivity contribution in [1.82, 2.24) is 14.9 Å². The monoisotopic (exact) mass is 430 g/mol. The second kappa shape index (κ2) is 9.59. The lowest BCUT2D eigenvalue weighted by Gasteiger charge is -2.35. The van der Waals surface area contributed by atoms with Crippen LogP contribution in [0.2, 0.25) is 0 Å². The molecule has 1 aliphatic rings. The molecule has 32 heavy (non-hydrogen) atoms. The van der Waals surface area contributed by atoms with E-state index in [1.807, 2.05) is 24.5 Å². The summed E-state index contributed by atoms with van der Waals surface area (Å²) in [5.41, 5.74) is 13.3. The van der Waals surface area contributed by atoms with Gasteiger partial charge in [0, 0.05) is 31.0 Å². The second-order valence-corrected chi connectivity index (χ2v) is 8.64. The molecule has 1 atom stereocenters. The second-order valence-electron chi connectivity index (χ2n) is 8.64. The first-order chi connectivity index (χ1) is 15.5. The molecular formula is C26H30N4O2. The maximum Gasteiger partial charge on any atom is 0.248 e. The van der Waals surface area contributed by atoms with E-state index < -0.39 is 5.91 Å². The Hall–Kier alpha value is -3.09. The zero-order valence-electron chi connectivity index (χ0n) is 18.7. The minimum Gasteiger partial charge on any atom is -0.392 e. The number of carbonyl (C=O) groups is 1. The van der Waals surface area contributed by atoms with Crippen LogP contribution in [0.4, 0.5) is 0 Å². The van der Waals surface area contributed by atoms with Gasteiger partial charge >= 0.3 is 0 Å². The van der Waals surface area contributed by atoms with Crippen LogP contribution in [0.5, 0.6) is 0 Å². The highest BCUT2D eigenvalue weighted by atomic mass is 16.3. The number of rotatable bonds is 7. The van der Waals surface area contributed by atoms with Gasteiger partial charge in [-0.2, -0.15) is 0 Å². The lowest BCUT2D eigenvalue weighted by molar-refractivity contribution is 0.1000. The minimum absolute atomic E-state index is 0.147. The number of aryl methyl sites for hydroxylation is 3. The maximum absolute atomic E-state index is 11.6. The van der Waals surface area contributed by atoms with E-state index in [2.05, 4.69) is 30.9 Å². The van der Waals surface area contributed by atoms with E-state index in [1.165, 1.54) is 11.1 Å². The van der Waals surface area contributed by atoms with Gasteiger partial charge in [-0.3, -0.25) is 19.7 Å². The van der Waals surface area contributed by atoms with E-state index in [9.17, 15) is 9.90 Å². The van der Waals surface area contributed by atoms with Crippen LogP contribution in [0.25, 0.3) is 0 Å². The number of primary amides is 1. The third-order valence-corrected chi connectivity index (χ3v) is 6.32. The van der Waals surface area contributed by atoms with Crippen molar-refractivity contribution in [2.75, 3.05) is 0 Å². The molecule has 0 fully saturated rings. The summed E-state index contributed by atoms with van der Waals surface area (Å²) < 4.78 is 0. The number of amides is 1. The molecule has 2 heterocycles. The van der Waals surface area contributed by atoms with Crippen molar-refractivity contribution in [2.45, 2.75) is 58.8 Å². The molecule has 3 N–H and O–H groups in total. The highest BCUT2D eigenvalue weighted by Crippen LogP contribution is 2.35. The molecule has 0 radical (unpaired) electrons. The van der Waals surface area contributed by atoms with Crippen LogP contribution in [0.15, 0.2) is 48.8 Å². The first-order valence-electron chi connectivity index (χ1n) is 11.1. The van der Waals surface area contributed by atoms with E-state index >= 15 is 0 Å². The Balaban J connectivity index is 1.72. The van der Waals surface area contributed by atoms with Crippen LogP contribution in [-0.2, 0) is 26.1 Å². The van der Waals surface area contributed by atoms with E-state index in [0.29, 0.717) is 18.7 Å². The van der Waals surface area contributed by atoms with Crippen molar-refractivity contribution in [3.63, 3.8) is 0 Å². The molecule has 0 spiro atoms. The molecule has 1 amide bonds. The molecule has 1 aromatic carbocycles. The van der Waals surface area contributed by atoms with Crippen molar-refractivity contribution in [3.05, 3.63) is 93.6 Å². The highest BCUT2D eigenvalue weighted by Gasteiger charge is 2.28. The third-order valence-electron chi connectivity index (χ3n) is 6.32. The minimum atomic E-state index is -0.493. The van der Waals surface area contributed by atoms with Gasteiger partial charge in [0.1, 0.15) is 0 Å². The Bertz CT molecular complexity index is 1130. The molecule has 1 unspecified atom stereocenters. The molecule has 166 valence electrons. The van der Waals surface area contributed by atoms with Crippen molar-refractivity contribution in [1.29, 1.82) is 0 Å². The van der Waals surface area contributed by atoms with Crippen LogP contribution in [-0.4, -0.2) is 25.9 Å². The summed E-state index contributed by atoms with van der Waals surface area (Å²) in [4.78, 5) is 23.5. The summed E-state index contributed by atoms with van der Waals surface area (Å²) in [6.07, 6.45) is 6.95. The van der Waals surface area contributed by atoms with Gasteiger partial charge in [0.15, 0.2) is 0 Å². The summed E-state index contributed by atoms with van der Waals surface area (Å²) in [5, 5.41) is 9.97. The largest absolute Gasteiger partial charge is 0.392 e. The standard InChI is InChI=1S/C26H30N4O2/c1-17-11-18(2)23(29-13-17)15-30(24-7-3-5-19-6-4-10-28-25(19)24)14-21-9-8-20(26(27)32)12-22(21)16-31/h4,6,8-13,24,31H,3,5,7,14-16H2,1-2H3,(H2,27,32). The van der Waals surface area contributed by atoms with Crippen molar-refractivity contribution in [3.8, 4) is 0 Å². The average Bonchev–Trinajstić information content (AvgIpc) is 2.80. The molecule has 4 rings (SSSR count). The van der Waals surface area contributed by atoms with Gasteiger partial charge in [-0.1, -0.05) is 18.2 Å². The zero-order valence-corrected chi connectivity index (χ0v) is 18.7. The fourth-order valence-corrected chi connectivity index (χ4v) is 4.62. The molecule has 3 aromatic rings. The lowest BCUT2D eigenvalue weighted by atomic mass is 9.90. The maximum atomic E-state index is 11.6. The third kappa shape index (κ3) is 4.71. The number of carbonyl (C=O) groups excluding carboxylic acids is 1. The summed E-state index contributed by atoms with van der Waals surface area (Å²) in [6, 6.07) is 11.8. The van der Waals surface area contributed by atoms with Crippen LogP contribution in [0, 0.1) is 13.8 Å². The summed E-state index contributed by atoms with van der Waals surface area (Å²) >= 11 is 0. The number of nitrogens with zero attached hydrogens (tertiary/aromatic N) is 3. The number of fused-ring (bicyclic) bond motifs is 1. The molecule has 6 nitrogen and oxygen atoms in total. The Kier molecular flexibility index (Phi) is 6.63. The number of aromatic nitrogens is 2. The Morgan fingerprint density at radius 1 is 1.16 bits per heavy atom. The molecule has 0 aliphatic heterocycles. The molecular weight excluding hydrogens is 400 g/mol. The number of hydrogen-bond acceptors (Lipinski definition) is 5. The number of nitrogens with two attached hydrogens (primary N) is 1. The van der Waals surface area contributed by atoms with Crippen LogP contribution in [0.1, 0.15) is 68.4 Å². The number of benzene rings is 1. The van der Waals surface area contributed by atoms with Crippen molar-refractivity contribution >= 4 is 5.91 Å². The van der Waals surface area contributed by atoms with Gasteiger partial charge < -0.3 is 10.8 Å². The number of aliphatic hydroxyl groups excluding tert-OH is 1. The molecule has 2 aromatic heterocycles. The van der Waals surface area contributed by atoms with Crippen molar-refractivity contribution in [2.24, 2.45) is 5.73 Å². The smallest absolute Gasteiger partial charge is 0.248 e. The van der Waals surface area contributed by atoms with Gasteiger partial charge in [-0.25, -0.2) is 0 Å². The molecule has 0 saturated carbocycles. The van der Waals surface area contributed by atoms with Gasteiger partial charge in [0.05, 0.1) is 24.0 Å². The normalized spacial score (nSPS) is 15.6. The predicted molar refractivity (Wildman–Crippen MR) is 124 cm³/mol. The Labute approximate surface area is 189 Å². The fraction of sp³-hybridized carbons (Fsp3) is 0.346. The lowest BCUT2D eigenvalue weighted by Crippen LogP contribution is -2.32. The van der Waals surface area contributed by atoms with Gasteiger partial charge in [-0.05, 0) is 79.1 Å². The fourth-order valence-electron chi connectivity index (χ4n) is 4.62. The molecule has 6 heteroatoms. The average molecular weight is 431 g/mol. The van der Waals surface area contributed by atoms with Crippen LogP contribution in [0.3, 0.4) is 0 Å². The quantitative estimate of drug-likeness (QED) is 0.595. The summed E-state index contributed by atoms with van der Waals surface area (Å²) in [5.74, 6) is -0.493. The van der Waals surface area contributed by atoms with E-state index in [4.69, 9.17) is 15.7 Å². The Morgan fingerprint density at radius 2 is 2.00 bits per heavy atom. The molecule has 1 aliphatic carbocycles. The van der Waals surface area contributed by atoms with E-state index in [0.717, 1.165) is 47.3 Å². The van der Waals surface area contributed by atoms with Gasteiger partial charge in [-0.15, -0.1) is 0 Å². The number of pyridine rings is 2. The predicted octanol–water partition coefficient (Wildman–Crippen LogP) is 3.76. The number of aliphatic hydroxyl groups is 1. The molecule has 0 bridgehead atoms. The zero-order chi connectivity index (χ0) is 22.7. The summed E-state index contributed by atoms with van der Waals surface area (Å²) in [6.45, 7) is 5.30. The van der Waals surface area contributed by atoms with Crippen LogP contribution >= 0.6 is 0 Å². The molecule has 0 saturated heterocycles. The van der Waals surface area contributed by atoms with Gasteiger partial charge in [0.2, 0.25) is 5.91 Å². The first kappa shape index (κ1) is 22.1. The van der Waals surface area contributed by atoms with Gasteiger partial charge in [0.25, 0.3) is 0 Å². The topological polar surface area (TPSA) is 92.3 Å². The summed E-state index contributed by atoms with van der Waals surface area (Å²) in [7, 11) is 0. The Morgan fingerprint density at radius 3 is 2.75 bits per heavy atom.